The number of nitrogens with two attached hydrogens (primary N) is 1. The molecule has 2 aromatic carbocycles. The number of halogens is 1. The van der Waals surface area contributed by atoms with Crippen molar-refractivity contribution in [3.8, 4) is 0 Å². The van der Waals surface area contributed by atoms with Crippen LogP contribution in [-0.2, 0) is 9.53 Å². The van der Waals surface area contributed by atoms with Crippen LogP contribution in [0.25, 0.3) is 0 Å². The van der Waals surface area contributed by atoms with E-state index >= 15 is 0 Å². The summed E-state index contributed by atoms with van der Waals surface area (Å²) in [5.74, 6) is 0.206. The SMILES string of the molecule is CCOC(=O)N1CC[C@H](c2ccc(Cl)cc2)[C@@H]1C(=O)N1CCN(c2ccc(C)cc2[C@@H](N)C(C)C)CC1. The van der Waals surface area contributed by atoms with Crippen LogP contribution < -0.4 is 10.6 Å². The van der Waals surface area contributed by atoms with Gasteiger partial charge < -0.3 is 20.3 Å². The minimum atomic E-state index is -0.587. The van der Waals surface area contributed by atoms with Gasteiger partial charge in [0.05, 0.1) is 6.61 Å². The number of hydrogen-bond donors (Lipinski definition) is 1. The molecule has 2 aliphatic heterocycles. The van der Waals surface area contributed by atoms with Crippen LogP contribution in [0.15, 0.2) is 42.5 Å². The Bertz CT molecular complexity index is 1100. The van der Waals surface area contributed by atoms with Crippen molar-refractivity contribution in [2.24, 2.45) is 11.7 Å². The van der Waals surface area contributed by atoms with E-state index in [0.29, 0.717) is 50.1 Å². The number of benzene rings is 2. The second-order valence-corrected chi connectivity index (χ2v) is 10.9. The van der Waals surface area contributed by atoms with Gasteiger partial charge in [-0.3, -0.25) is 9.69 Å². The lowest BCUT2D eigenvalue weighted by Gasteiger charge is -2.40. The van der Waals surface area contributed by atoms with Crippen molar-refractivity contribution >= 4 is 29.3 Å². The normalized spacial score (nSPS) is 20.9. The third-order valence-corrected chi connectivity index (χ3v) is 7.90. The summed E-state index contributed by atoms with van der Waals surface area (Å²) in [4.78, 5) is 32.6. The zero-order valence-electron chi connectivity index (χ0n) is 22.3. The van der Waals surface area contributed by atoms with E-state index in [0.717, 1.165) is 16.8 Å². The molecule has 2 amide bonds. The maximum atomic E-state index is 13.9. The molecule has 0 unspecified atom stereocenters. The Morgan fingerprint density at radius 1 is 1.05 bits per heavy atom. The molecule has 3 atom stereocenters. The van der Waals surface area contributed by atoms with Gasteiger partial charge in [0.25, 0.3) is 0 Å². The van der Waals surface area contributed by atoms with Gasteiger partial charge in [-0.15, -0.1) is 0 Å². The molecule has 2 saturated heterocycles. The van der Waals surface area contributed by atoms with Gasteiger partial charge >= 0.3 is 6.09 Å². The fraction of sp³-hybridized carbons (Fsp3) is 0.517. The summed E-state index contributed by atoms with van der Waals surface area (Å²) in [5, 5.41) is 0.649. The molecule has 8 heteroatoms. The molecule has 0 aromatic heterocycles. The molecule has 2 aliphatic rings. The first kappa shape index (κ1) is 27.3. The first-order valence-corrected chi connectivity index (χ1v) is 13.7. The topological polar surface area (TPSA) is 79.1 Å². The number of likely N-dealkylation sites (tertiary alicyclic amines) is 1. The van der Waals surface area contributed by atoms with E-state index in [2.05, 4.69) is 43.9 Å². The maximum absolute atomic E-state index is 13.9. The number of anilines is 1. The van der Waals surface area contributed by atoms with Crippen molar-refractivity contribution in [2.45, 2.75) is 52.1 Å². The van der Waals surface area contributed by atoms with Gasteiger partial charge in [0.15, 0.2) is 0 Å². The van der Waals surface area contributed by atoms with E-state index < -0.39 is 12.1 Å². The number of carbonyl (C=O) groups is 2. The lowest BCUT2D eigenvalue weighted by atomic mass is 9.90. The van der Waals surface area contributed by atoms with Crippen LogP contribution in [-0.4, -0.2) is 67.2 Å². The molecule has 2 fully saturated rings. The Morgan fingerprint density at radius 3 is 2.35 bits per heavy atom. The summed E-state index contributed by atoms with van der Waals surface area (Å²) in [6.07, 6.45) is 0.277. The van der Waals surface area contributed by atoms with Gasteiger partial charge in [0, 0.05) is 55.4 Å². The minimum absolute atomic E-state index is 0.0202. The summed E-state index contributed by atoms with van der Waals surface area (Å²) in [7, 11) is 0. The highest BCUT2D eigenvalue weighted by molar-refractivity contribution is 6.30. The zero-order chi connectivity index (χ0) is 26.7. The molecule has 2 heterocycles. The van der Waals surface area contributed by atoms with E-state index in [4.69, 9.17) is 22.1 Å². The van der Waals surface area contributed by atoms with Gasteiger partial charge in [-0.1, -0.05) is 55.3 Å². The number of ether oxygens (including phenoxy) is 1. The smallest absolute Gasteiger partial charge is 0.410 e. The van der Waals surface area contributed by atoms with E-state index in [1.54, 1.807) is 11.8 Å². The average molecular weight is 527 g/mol. The van der Waals surface area contributed by atoms with Gasteiger partial charge in [-0.25, -0.2) is 4.79 Å². The quantitative estimate of drug-likeness (QED) is 0.575. The lowest BCUT2D eigenvalue weighted by molar-refractivity contribution is -0.136. The first-order valence-electron chi connectivity index (χ1n) is 13.3. The summed E-state index contributed by atoms with van der Waals surface area (Å²) in [5.41, 5.74) is 11.1. The molecule has 0 radical (unpaired) electrons. The van der Waals surface area contributed by atoms with E-state index in [1.807, 2.05) is 29.2 Å². The van der Waals surface area contributed by atoms with Crippen molar-refractivity contribution in [3.05, 3.63) is 64.2 Å². The highest BCUT2D eigenvalue weighted by Gasteiger charge is 2.45. The van der Waals surface area contributed by atoms with Crippen LogP contribution in [0, 0.1) is 12.8 Å². The molecular formula is C29H39ClN4O3. The first-order chi connectivity index (χ1) is 17.7. The van der Waals surface area contributed by atoms with Crippen LogP contribution >= 0.6 is 11.6 Å². The number of rotatable bonds is 6. The fourth-order valence-corrected chi connectivity index (χ4v) is 5.64. The number of aryl methyl sites for hydroxylation is 1. The Hall–Kier alpha value is -2.77. The second kappa shape index (κ2) is 11.7. The van der Waals surface area contributed by atoms with Crippen molar-refractivity contribution in [1.29, 1.82) is 0 Å². The molecule has 7 nitrogen and oxygen atoms in total. The van der Waals surface area contributed by atoms with Crippen molar-refractivity contribution in [3.63, 3.8) is 0 Å². The van der Waals surface area contributed by atoms with Crippen LogP contribution in [0.5, 0.6) is 0 Å². The monoisotopic (exact) mass is 526 g/mol. The molecular weight excluding hydrogens is 488 g/mol. The molecule has 4 rings (SSSR count). The standard InChI is InChI=1S/C29H39ClN4O3/c1-5-37-29(36)34-13-12-23(21-7-9-22(30)10-8-21)27(34)28(35)33-16-14-32(15-17-33)25-11-6-20(4)18-24(25)26(31)19(2)3/h6-11,18-19,23,26-27H,5,12-17,31H2,1-4H3/t23-,26+,27-/m1/s1. The Labute approximate surface area is 225 Å². The van der Waals surface area contributed by atoms with Crippen LogP contribution in [0.3, 0.4) is 0 Å². The molecule has 0 aliphatic carbocycles. The average Bonchev–Trinajstić information content (AvgIpc) is 3.34. The predicted molar refractivity (Wildman–Crippen MR) is 148 cm³/mol. The van der Waals surface area contributed by atoms with Gasteiger partial charge in [0.1, 0.15) is 6.04 Å². The second-order valence-electron chi connectivity index (χ2n) is 10.4. The molecule has 0 bridgehead atoms. The number of amides is 2. The van der Waals surface area contributed by atoms with Crippen LogP contribution in [0.4, 0.5) is 10.5 Å². The third-order valence-electron chi connectivity index (χ3n) is 7.64. The lowest BCUT2D eigenvalue weighted by Crippen LogP contribution is -2.55. The largest absolute Gasteiger partial charge is 0.450 e. The molecule has 37 heavy (non-hydrogen) atoms. The van der Waals surface area contributed by atoms with E-state index in [-0.39, 0.29) is 24.5 Å². The fourth-order valence-electron chi connectivity index (χ4n) is 5.51. The highest BCUT2D eigenvalue weighted by atomic mass is 35.5. The van der Waals surface area contributed by atoms with E-state index in [1.165, 1.54) is 5.56 Å². The van der Waals surface area contributed by atoms with Gasteiger partial charge in [0.2, 0.25) is 5.91 Å². The summed E-state index contributed by atoms with van der Waals surface area (Å²) >= 11 is 6.11. The molecule has 0 saturated carbocycles. The molecule has 200 valence electrons. The van der Waals surface area contributed by atoms with Crippen molar-refractivity contribution in [2.75, 3.05) is 44.2 Å². The summed E-state index contributed by atoms with van der Waals surface area (Å²) in [6, 6.07) is 13.4. The minimum Gasteiger partial charge on any atom is -0.450 e. The summed E-state index contributed by atoms with van der Waals surface area (Å²) < 4.78 is 5.31. The van der Waals surface area contributed by atoms with Gasteiger partial charge in [-0.05, 0) is 55.5 Å². The third kappa shape index (κ3) is 5.88. The Kier molecular flexibility index (Phi) is 8.65. The highest BCUT2D eigenvalue weighted by Crippen LogP contribution is 2.36. The maximum Gasteiger partial charge on any atom is 0.410 e. The molecule has 0 spiro atoms. The number of carbonyl (C=O) groups excluding carboxylic acids is 2. The van der Waals surface area contributed by atoms with Crippen molar-refractivity contribution < 1.29 is 14.3 Å². The van der Waals surface area contributed by atoms with Gasteiger partial charge in [-0.2, -0.15) is 0 Å². The number of hydrogen-bond acceptors (Lipinski definition) is 5. The summed E-state index contributed by atoms with van der Waals surface area (Å²) in [6.45, 7) is 11.5. The Balaban J connectivity index is 1.53. The number of piperazine rings is 1. The zero-order valence-corrected chi connectivity index (χ0v) is 23.1. The van der Waals surface area contributed by atoms with Crippen LogP contribution in [0.2, 0.25) is 5.02 Å². The van der Waals surface area contributed by atoms with E-state index in [9.17, 15) is 9.59 Å². The number of nitrogens with zero attached hydrogens (tertiary/aromatic N) is 3. The molecule has 2 N–H and O–H groups in total. The predicted octanol–water partition coefficient (Wildman–Crippen LogP) is 4.97. The van der Waals surface area contributed by atoms with Crippen LogP contribution in [0.1, 0.15) is 55.8 Å². The molecule has 2 aromatic rings. The Morgan fingerprint density at radius 2 is 1.73 bits per heavy atom. The van der Waals surface area contributed by atoms with Crippen molar-refractivity contribution in [1.82, 2.24) is 9.80 Å².